The van der Waals surface area contributed by atoms with Crippen molar-refractivity contribution in [1.29, 1.82) is 0 Å². The van der Waals surface area contributed by atoms with Crippen molar-refractivity contribution in [1.82, 2.24) is 0 Å². The van der Waals surface area contributed by atoms with E-state index in [-0.39, 0.29) is 12.0 Å². The lowest BCUT2D eigenvalue weighted by molar-refractivity contribution is -0.146. The monoisotopic (exact) mass is 256 g/mol. The SMILES string of the molecule is CCC(F)(F)c1ccc(CC(C)(C)C(=O)O)cc1. The zero-order valence-electron chi connectivity index (χ0n) is 10.8. The van der Waals surface area contributed by atoms with Crippen LogP contribution in [0.3, 0.4) is 0 Å². The first-order valence-corrected chi connectivity index (χ1v) is 5.89. The van der Waals surface area contributed by atoms with E-state index in [2.05, 4.69) is 0 Å². The quantitative estimate of drug-likeness (QED) is 0.869. The average Bonchev–Trinajstić information content (AvgIpc) is 2.29. The van der Waals surface area contributed by atoms with Crippen LogP contribution < -0.4 is 0 Å². The second-order valence-electron chi connectivity index (χ2n) is 5.12. The zero-order valence-corrected chi connectivity index (χ0v) is 10.8. The third-order valence-electron chi connectivity index (χ3n) is 3.05. The highest BCUT2D eigenvalue weighted by Gasteiger charge is 2.30. The molecule has 1 aromatic rings. The van der Waals surface area contributed by atoms with Gasteiger partial charge in [-0.1, -0.05) is 31.2 Å². The van der Waals surface area contributed by atoms with Crippen molar-refractivity contribution in [2.75, 3.05) is 0 Å². The molecule has 0 aliphatic carbocycles. The zero-order chi connectivity index (χ0) is 14.0. The molecule has 100 valence electrons. The Balaban J connectivity index is 2.88. The minimum absolute atomic E-state index is 0.0260. The van der Waals surface area contributed by atoms with E-state index in [4.69, 9.17) is 5.11 Å². The number of halogens is 2. The topological polar surface area (TPSA) is 37.3 Å². The van der Waals surface area contributed by atoms with Gasteiger partial charge in [-0.2, -0.15) is 0 Å². The van der Waals surface area contributed by atoms with Crippen LogP contribution in [0.5, 0.6) is 0 Å². The van der Waals surface area contributed by atoms with Gasteiger partial charge < -0.3 is 5.11 Å². The molecule has 0 heterocycles. The van der Waals surface area contributed by atoms with E-state index in [0.29, 0.717) is 6.42 Å². The molecule has 4 heteroatoms. The fourth-order valence-electron chi connectivity index (χ4n) is 1.66. The summed E-state index contributed by atoms with van der Waals surface area (Å²) in [4.78, 5) is 11.0. The van der Waals surface area contributed by atoms with Gasteiger partial charge in [0.25, 0.3) is 5.92 Å². The standard InChI is InChI=1S/C14H18F2O2/c1-4-14(15,16)11-7-5-10(6-8-11)9-13(2,3)12(17)18/h5-8H,4,9H2,1-3H3,(H,17,18). The molecule has 0 aliphatic heterocycles. The van der Waals surface area contributed by atoms with Crippen molar-refractivity contribution >= 4 is 5.97 Å². The van der Waals surface area contributed by atoms with E-state index in [1.54, 1.807) is 26.0 Å². The van der Waals surface area contributed by atoms with Gasteiger partial charge in [-0.15, -0.1) is 0 Å². The van der Waals surface area contributed by atoms with Gasteiger partial charge in [0.2, 0.25) is 0 Å². The van der Waals surface area contributed by atoms with Gasteiger partial charge >= 0.3 is 5.97 Å². The van der Waals surface area contributed by atoms with E-state index in [9.17, 15) is 13.6 Å². The molecule has 0 bridgehead atoms. The van der Waals surface area contributed by atoms with Gasteiger partial charge in [0, 0.05) is 12.0 Å². The summed E-state index contributed by atoms with van der Waals surface area (Å²) < 4.78 is 26.8. The molecule has 1 rings (SSSR count). The maximum atomic E-state index is 13.4. The van der Waals surface area contributed by atoms with E-state index in [1.807, 2.05) is 0 Å². The van der Waals surface area contributed by atoms with Crippen LogP contribution >= 0.6 is 0 Å². The average molecular weight is 256 g/mol. The highest BCUT2D eigenvalue weighted by atomic mass is 19.3. The lowest BCUT2D eigenvalue weighted by Crippen LogP contribution is -2.26. The maximum absolute atomic E-state index is 13.4. The van der Waals surface area contributed by atoms with Crippen molar-refractivity contribution in [3.8, 4) is 0 Å². The number of rotatable bonds is 5. The van der Waals surface area contributed by atoms with Gasteiger partial charge in [0.1, 0.15) is 0 Å². The van der Waals surface area contributed by atoms with Crippen LogP contribution in [0, 0.1) is 5.41 Å². The Morgan fingerprint density at radius 1 is 1.22 bits per heavy atom. The predicted octanol–water partition coefficient (Wildman–Crippen LogP) is 3.84. The fraction of sp³-hybridized carbons (Fsp3) is 0.500. The molecule has 0 saturated carbocycles. The fourth-order valence-corrected chi connectivity index (χ4v) is 1.66. The molecule has 0 atom stereocenters. The number of benzene rings is 1. The first kappa shape index (κ1) is 14.6. The first-order valence-electron chi connectivity index (χ1n) is 5.89. The highest BCUT2D eigenvalue weighted by molar-refractivity contribution is 5.74. The molecule has 0 saturated heterocycles. The summed E-state index contributed by atoms with van der Waals surface area (Å²) in [7, 11) is 0. The third kappa shape index (κ3) is 3.28. The Bertz CT molecular complexity index is 422. The molecule has 0 unspecified atom stereocenters. The summed E-state index contributed by atoms with van der Waals surface area (Å²) >= 11 is 0. The summed E-state index contributed by atoms with van der Waals surface area (Å²) in [6.07, 6.45) is 0.0767. The van der Waals surface area contributed by atoms with Crippen molar-refractivity contribution in [3.63, 3.8) is 0 Å². The van der Waals surface area contributed by atoms with Crippen molar-refractivity contribution in [3.05, 3.63) is 35.4 Å². The van der Waals surface area contributed by atoms with Gasteiger partial charge in [-0.05, 0) is 25.8 Å². The molecule has 2 nitrogen and oxygen atoms in total. The molecule has 0 amide bonds. The summed E-state index contributed by atoms with van der Waals surface area (Å²) in [5.74, 6) is -3.72. The second-order valence-corrected chi connectivity index (χ2v) is 5.12. The molecule has 1 aromatic carbocycles. The second kappa shape index (κ2) is 5.04. The number of alkyl halides is 2. The molecule has 0 aromatic heterocycles. The van der Waals surface area contributed by atoms with Crippen LogP contribution in [-0.4, -0.2) is 11.1 Å². The van der Waals surface area contributed by atoms with E-state index in [1.165, 1.54) is 19.1 Å². The summed E-state index contributed by atoms with van der Waals surface area (Å²) in [5, 5.41) is 9.00. The molecule has 0 radical (unpaired) electrons. The smallest absolute Gasteiger partial charge is 0.309 e. The number of carboxylic acid groups (broad SMARTS) is 1. The van der Waals surface area contributed by atoms with Gasteiger partial charge in [-0.3, -0.25) is 4.79 Å². The van der Waals surface area contributed by atoms with Gasteiger partial charge in [-0.25, -0.2) is 8.78 Å². The van der Waals surface area contributed by atoms with Crippen molar-refractivity contribution in [2.24, 2.45) is 5.41 Å². The predicted molar refractivity (Wildman–Crippen MR) is 65.7 cm³/mol. The number of hydrogen-bond acceptors (Lipinski definition) is 1. The Hall–Kier alpha value is -1.45. The van der Waals surface area contributed by atoms with Crippen LogP contribution in [0.1, 0.15) is 38.3 Å². The molecule has 0 spiro atoms. The molecule has 18 heavy (non-hydrogen) atoms. The Morgan fingerprint density at radius 2 is 1.72 bits per heavy atom. The molecule has 0 aliphatic rings. The number of aliphatic carboxylic acids is 1. The molecular weight excluding hydrogens is 238 g/mol. The Morgan fingerprint density at radius 3 is 2.11 bits per heavy atom. The van der Waals surface area contributed by atoms with Crippen LogP contribution in [-0.2, 0) is 17.1 Å². The Kier molecular flexibility index (Phi) is 4.09. The summed E-state index contributed by atoms with van der Waals surface area (Å²) in [6, 6.07) is 5.89. The maximum Gasteiger partial charge on any atom is 0.309 e. The lowest BCUT2D eigenvalue weighted by Gasteiger charge is -2.20. The van der Waals surface area contributed by atoms with E-state index < -0.39 is 17.3 Å². The molecule has 0 fully saturated rings. The lowest BCUT2D eigenvalue weighted by atomic mass is 9.85. The summed E-state index contributed by atoms with van der Waals surface area (Å²) in [6.45, 7) is 4.66. The summed E-state index contributed by atoms with van der Waals surface area (Å²) in [5.41, 5.74) is -0.172. The van der Waals surface area contributed by atoms with E-state index >= 15 is 0 Å². The largest absolute Gasteiger partial charge is 0.481 e. The first-order chi connectivity index (χ1) is 8.19. The van der Waals surface area contributed by atoms with Crippen LogP contribution in [0.2, 0.25) is 0 Å². The number of hydrogen-bond donors (Lipinski definition) is 1. The van der Waals surface area contributed by atoms with Crippen LogP contribution in [0.15, 0.2) is 24.3 Å². The Labute approximate surface area is 106 Å². The van der Waals surface area contributed by atoms with Crippen LogP contribution in [0.4, 0.5) is 8.78 Å². The minimum atomic E-state index is -2.82. The van der Waals surface area contributed by atoms with Crippen LogP contribution in [0.25, 0.3) is 0 Å². The normalized spacial score (nSPS) is 12.5. The van der Waals surface area contributed by atoms with Crippen molar-refractivity contribution < 1.29 is 18.7 Å². The van der Waals surface area contributed by atoms with Gasteiger partial charge in [0.05, 0.1) is 5.41 Å². The van der Waals surface area contributed by atoms with Gasteiger partial charge in [0.15, 0.2) is 0 Å². The highest BCUT2D eigenvalue weighted by Crippen LogP contribution is 2.32. The number of carboxylic acids is 1. The molecular formula is C14H18F2O2. The van der Waals surface area contributed by atoms with Crippen molar-refractivity contribution in [2.45, 2.75) is 39.5 Å². The number of carbonyl (C=O) groups is 1. The third-order valence-corrected chi connectivity index (χ3v) is 3.05. The minimum Gasteiger partial charge on any atom is -0.481 e. The molecule has 1 N–H and O–H groups in total. The van der Waals surface area contributed by atoms with E-state index in [0.717, 1.165) is 5.56 Å².